The third kappa shape index (κ3) is 4.61. The molecule has 0 aliphatic rings. The normalized spacial score (nSPS) is 11.6. The topological polar surface area (TPSA) is 58.8 Å². The molecule has 7 heteroatoms. The van der Waals surface area contributed by atoms with E-state index in [1.165, 1.54) is 5.56 Å². The Kier molecular flexibility index (Phi) is 7.00. The van der Waals surface area contributed by atoms with Gasteiger partial charge in [-0.15, -0.1) is 0 Å². The Hall–Kier alpha value is -2.90. The van der Waals surface area contributed by atoms with Gasteiger partial charge in [-0.25, -0.2) is 4.98 Å². The van der Waals surface area contributed by atoms with E-state index in [1.807, 2.05) is 25.1 Å². The molecule has 0 radical (unpaired) electrons. The van der Waals surface area contributed by atoms with Crippen molar-refractivity contribution in [1.82, 2.24) is 9.88 Å². The summed E-state index contributed by atoms with van der Waals surface area (Å²) in [6, 6.07) is 11.7. The van der Waals surface area contributed by atoms with Crippen LogP contribution in [0.15, 0.2) is 40.8 Å². The molecular weight excluding hydrogens is 434 g/mol. The molecule has 0 aliphatic carbocycles. The van der Waals surface area contributed by atoms with Crippen molar-refractivity contribution in [2.75, 3.05) is 37.7 Å². The molecule has 0 unspecified atom stereocenters. The number of rotatable bonds is 9. The first-order chi connectivity index (χ1) is 16.0. The molecule has 4 aromatic rings. The van der Waals surface area contributed by atoms with Gasteiger partial charge >= 0.3 is 0 Å². The van der Waals surface area contributed by atoms with E-state index < -0.39 is 0 Å². The fourth-order valence-electron chi connectivity index (χ4n) is 3.94. The van der Waals surface area contributed by atoms with Gasteiger partial charge in [0, 0.05) is 18.5 Å². The van der Waals surface area contributed by atoms with Crippen molar-refractivity contribution in [1.29, 1.82) is 0 Å². The summed E-state index contributed by atoms with van der Waals surface area (Å²) in [6.45, 7) is 14.0. The van der Waals surface area contributed by atoms with Gasteiger partial charge in [-0.2, -0.15) is 0 Å². The zero-order valence-corrected chi connectivity index (χ0v) is 20.8. The Bertz CT molecular complexity index is 1270. The smallest absolute Gasteiger partial charge is 0.295 e. The molecule has 0 bridgehead atoms. The molecule has 0 atom stereocenters. The van der Waals surface area contributed by atoms with Crippen LogP contribution in [0.2, 0.25) is 0 Å². The molecule has 33 heavy (non-hydrogen) atoms. The monoisotopic (exact) mass is 465 g/mol. The first-order valence-corrected chi connectivity index (χ1v) is 12.3. The van der Waals surface area contributed by atoms with Gasteiger partial charge in [-0.3, -0.25) is 9.69 Å². The number of likely N-dealkylation sites (N-methyl/N-ethyl adjacent to an activating group) is 1. The first-order valence-electron chi connectivity index (χ1n) is 11.5. The van der Waals surface area contributed by atoms with Gasteiger partial charge in [0.15, 0.2) is 22.2 Å². The number of nitrogens with zero attached hydrogens (tertiary/aromatic N) is 3. The summed E-state index contributed by atoms with van der Waals surface area (Å²) in [5.41, 5.74) is 3.90. The van der Waals surface area contributed by atoms with Crippen LogP contribution in [0.4, 0.5) is 5.13 Å². The maximum absolute atomic E-state index is 13.7. The Morgan fingerprint density at radius 1 is 1.09 bits per heavy atom. The van der Waals surface area contributed by atoms with Crippen LogP contribution in [-0.2, 0) is 0 Å². The van der Waals surface area contributed by atoms with Crippen LogP contribution in [0.3, 0.4) is 0 Å². The lowest BCUT2D eigenvalue weighted by molar-refractivity contribution is 0.0959. The average Bonchev–Trinajstić information content (AvgIpc) is 3.45. The van der Waals surface area contributed by atoms with Crippen molar-refractivity contribution in [2.45, 2.75) is 34.6 Å². The first kappa shape index (κ1) is 23.3. The van der Waals surface area contributed by atoms with E-state index in [1.54, 1.807) is 22.3 Å². The van der Waals surface area contributed by atoms with Gasteiger partial charge in [0.2, 0.25) is 0 Å². The van der Waals surface area contributed by atoms with E-state index in [-0.39, 0.29) is 5.91 Å². The van der Waals surface area contributed by atoms with Crippen molar-refractivity contribution in [3.63, 3.8) is 0 Å². The van der Waals surface area contributed by atoms with E-state index in [9.17, 15) is 4.79 Å². The average molecular weight is 466 g/mol. The van der Waals surface area contributed by atoms with Gasteiger partial charge in [-0.05, 0) is 63.2 Å². The minimum absolute atomic E-state index is 0.186. The van der Waals surface area contributed by atoms with Crippen molar-refractivity contribution in [3.8, 4) is 5.75 Å². The van der Waals surface area contributed by atoms with Crippen LogP contribution in [-0.4, -0.2) is 48.6 Å². The van der Waals surface area contributed by atoms with E-state index >= 15 is 0 Å². The molecule has 0 N–H and O–H groups in total. The minimum atomic E-state index is -0.186. The predicted octanol–water partition coefficient (Wildman–Crippen LogP) is 6.05. The fourth-order valence-corrected chi connectivity index (χ4v) is 4.99. The standard InChI is InChI=1S/C26H31N3O3S/c1-6-28(7-2)14-15-29(26-27-23-18(5)17(4)12-13-22(23)33-26)25(30)21-16-19-10-9-11-20(31-8-3)24(19)32-21/h9-13,16H,6-8,14-15H2,1-5H3. The van der Waals surface area contributed by atoms with Crippen LogP contribution in [0, 0.1) is 13.8 Å². The molecule has 4 rings (SSSR count). The number of benzene rings is 2. The maximum Gasteiger partial charge on any atom is 0.295 e. The summed E-state index contributed by atoms with van der Waals surface area (Å²) < 4.78 is 12.8. The van der Waals surface area contributed by atoms with Gasteiger partial charge in [0.1, 0.15) is 0 Å². The summed E-state index contributed by atoms with van der Waals surface area (Å²) in [7, 11) is 0. The molecular formula is C26H31N3O3S. The van der Waals surface area contributed by atoms with E-state index in [0.717, 1.165) is 40.8 Å². The van der Waals surface area contributed by atoms with Gasteiger partial charge < -0.3 is 14.1 Å². The number of amides is 1. The number of aromatic nitrogens is 1. The lowest BCUT2D eigenvalue weighted by Gasteiger charge is -2.24. The molecule has 0 saturated heterocycles. The molecule has 1 amide bonds. The number of hydrogen-bond acceptors (Lipinski definition) is 6. The number of furan rings is 1. The van der Waals surface area contributed by atoms with Crippen molar-refractivity contribution in [3.05, 3.63) is 53.3 Å². The highest BCUT2D eigenvalue weighted by Crippen LogP contribution is 2.34. The largest absolute Gasteiger partial charge is 0.490 e. The third-order valence-electron chi connectivity index (χ3n) is 6.10. The molecule has 0 fully saturated rings. The number of anilines is 1. The van der Waals surface area contributed by atoms with Crippen LogP contribution >= 0.6 is 11.3 Å². The molecule has 2 aromatic carbocycles. The SMILES string of the molecule is CCOc1cccc2cc(C(=O)N(CCN(CC)CC)c3nc4c(C)c(C)ccc4s3)oc12. The van der Waals surface area contributed by atoms with E-state index in [0.29, 0.717) is 35.4 Å². The van der Waals surface area contributed by atoms with Gasteiger partial charge in [0.05, 0.1) is 16.8 Å². The number of para-hydroxylation sites is 1. The molecule has 0 aliphatic heterocycles. The number of thiazole rings is 1. The molecule has 6 nitrogen and oxygen atoms in total. The molecule has 0 spiro atoms. The molecule has 0 saturated carbocycles. The highest BCUT2D eigenvalue weighted by molar-refractivity contribution is 7.22. The van der Waals surface area contributed by atoms with Crippen molar-refractivity contribution >= 4 is 43.6 Å². The van der Waals surface area contributed by atoms with Gasteiger partial charge in [-0.1, -0.05) is 43.4 Å². The summed E-state index contributed by atoms with van der Waals surface area (Å²) in [4.78, 5) is 22.7. The number of carbonyl (C=O) groups excluding carboxylic acids is 1. The lowest BCUT2D eigenvalue weighted by Crippen LogP contribution is -2.38. The fraction of sp³-hybridized carbons (Fsp3) is 0.385. The Labute approximate surface area is 198 Å². The minimum Gasteiger partial charge on any atom is -0.490 e. The number of fused-ring (bicyclic) bond motifs is 2. The quantitative estimate of drug-likeness (QED) is 0.301. The summed E-state index contributed by atoms with van der Waals surface area (Å²) in [5.74, 6) is 0.757. The molecule has 2 aromatic heterocycles. The van der Waals surface area contributed by atoms with Crippen LogP contribution in [0.1, 0.15) is 42.5 Å². The van der Waals surface area contributed by atoms with Crippen molar-refractivity contribution < 1.29 is 13.9 Å². The second-order valence-electron chi connectivity index (χ2n) is 8.05. The van der Waals surface area contributed by atoms with Crippen LogP contribution < -0.4 is 9.64 Å². The van der Waals surface area contributed by atoms with E-state index in [2.05, 4.69) is 44.7 Å². The molecule has 2 heterocycles. The summed E-state index contributed by atoms with van der Waals surface area (Å²) in [5, 5.41) is 1.55. The van der Waals surface area contributed by atoms with Gasteiger partial charge in [0.25, 0.3) is 5.91 Å². The summed E-state index contributed by atoms with van der Waals surface area (Å²) in [6.07, 6.45) is 0. The zero-order chi connectivity index (χ0) is 23.5. The summed E-state index contributed by atoms with van der Waals surface area (Å²) >= 11 is 1.55. The maximum atomic E-state index is 13.7. The lowest BCUT2D eigenvalue weighted by atomic mass is 10.1. The Morgan fingerprint density at radius 3 is 2.61 bits per heavy atom. The predicted molar refractivity (Wildman–Crippen MR) is 136 cm³/mol. The van der Waals surface area contributed by atoms with Crippen LogP contribution in [0.25, 0.3) is 21.2 Å². The third-order valence-corrected chi connectivity index (χ3v) is 7.15. The Morgan fingerprint density at radius 2 is 1.88 bits per heavy atom. The number of aryl methyl sites for hydroxylation is 2. The van der Waals surface area contributed by atoms with Crippen LogP contribution in [0.5, 0.6) is 5.75 Å². The second kappa shape index (κ2) is 9.93. The van der Waals surface area contributed by atoms with E-state index in [4.69, 9.17) is 14.1 Å². The molecule has 174 valence electrons. The highest BCUT2D eigenvalue weighted by atomic mass is 32.1. The zero-order valence-electron chi connectivity index (χ0n) is 20.0. The second-order valence-corrected chi connectivity index (χ2v) is 9.06. The Balaban J connectivity index is 1.74. The number of hydrogen-bond donors (Lipinski definition) is 0. The van der Waals surface area contributed by atoms with Crippen molar-refractivity contribution in [2.24, 2.45) is 0 Å². The number of carbonyl (C=O) groups is 1. The highest BCUT2D eigenvalue weighted by Gasteiger charge is 2.26. The number of ether oxygens (including phenoxy) is 1.